The standard InChI is InChI=1S/C22H35N3O/c1-3-5-6-7-8-9-10-13-17-25-20-16-12-11-15-19(20)24-21(25)18-23-22(26)14-4-2/h11-12,15-16H,3-10,13-14,17-18H2,1-2H3,(H,23,26). The number of para-hydroxylation sites is 2. The van der Waals surface area contributed by atoms with Crippen LogP contribution in [0.15, 0.2) is 24.3 Å². The predicted octanol–water partition coefficient (Wildman–Crippen LogP) is 5.59. The number of imidazole rings is 1. The zero-order valence-corrected chi connectivity index (χ0v) is 16.6. The van der Waals surface area contributed by atoms with Gasteiger partial charge in [-0.15, -0.1) is 0 Å². The van der Waals surface area contributed by atoms with Gasteiger partial charge in [0, 0.05) is 13.0 Å². The fraction of sp³-hybridized carbons (Fsp3) is 0.636. The smallest absolute Gasteiger partial charge is 0.220 e. The molecule has 0 bridgehead atoms. The van der Waals surface area contributed by atoms with E-state index in [9.17, 15) is 4.79 Å². The van der Waals surface area contributed by atoms with Gasteiger partial charge in [0.15, 0.2) is 0 Å². The molecule has 1 aromatic heterocycles. The molecule has 0 fully saturated rings. The number of aromatic nitrogens is 2. The van der Waals surface area contributed by atoms with Crippen molar-refractivity contribution in [3.63, 3.8) is 0 Å². The monoisotopic (exact) mass is 357 g/mol. The molecule has 2 rings (SSSR count). The van der Waals surface area contributed by atoms with Gasteiger partial charge in [-0.05, 0) is 25.0 Å². The fourth-order valence-corrected chi connectivity index (χ4v) is 3.41. The van der Waals surface area contributed by atoms with Crippen LogP contribution in [0.4, 0.5) is 0 Å². The highest BCUT2D eigenvalue weighted by molar-refractivity contribution is 5.77. The number of unbranched alkanes of at least 4 members (excludes halogenated alkanes) is 7. The molecule has 1 N–H and O–H groups in total. The molecular weight excluding hydrogens is 322 g/mol. The van der Waals surface area contributed by atoms with Crippen LogP contribution in [-0.2, 0) is 17.9 Å². The van der Waals surface area contributed by atoms with Gasteiger partial charge in [-0.1, -0.05) is 70.9 Å². The number of rotatable bonds is 13. The maximum Gasteiger partial charge on any atom is 0.220 e. The van der Waals surface area contributed by atoms with Crippen molar-refractivity contribution in [2.75, 3.05) is 0 Å². The second kappa shape index (κ2) is 11.7. The lowest BCUT2D eigenvalue weighted by Crippen LogP contribution is -2.24. The normalized spacial score (nSPS) is 11.2. The third-order valence-electron chi connectivity index (χ3n) is 4.89. The largest absolute Gasteiger partial charge is 0.349 e. The molecule has 144 valence electrons. The molecule has 26 heavy (non-hydrogen) atoms. The minimum absolute atomic E-state index is 0.109. The fourth-order valence-electron chi connectivity index (χ4n) is 3.41. The maximum atomic E-state index is 11.8. The van der Waals surface area contributed by atoms with E-state index in [0.29, 0.717) is 13.0 Å². The summed E-state index contributed by atoms with van der Waals surface area (Å²) in [5, 5.41) is 3.01. The van der Waals surface area contributed by atoms with Crippen LogP contribution in [0.3, 0.4) is 0 Å². The van der Waals surface area contributed by atoms with Crippen LogP contribution in [0.5, 0.6) is 0 Å². The number of nitrogens with one attached hydrogen (secondary N) is 1. The van der Waals surface area contributed by atoms with Crippen molar-refractivity contribution < 1.29 is 4.79 Å². The lowest BCUT2D eigenvalue weighted by atomic mass is 10.1. The summed E-state index contributed by atoms with van der Waals surface area (Å²) < 4.78 is 2.29. The SMILES string of the molecule is CCCCCCCCCCn1c(CNC(=O)CCC)nc2ccccc21. The lowest BCUT2D eigenvalue weighted by molar-refractivity contribution is -0.121. The van der Waals surface area contributed by atoms with Crippen LogP contribution in [-0.4, -0.2) is 15.5 Å². The molecule has 2 aromatic rings. The van der Waals surface area contributed by atoms with E-state index in [4.69, 9.17) is 4.98 Å². The summed E-state index contributed by atoms with van der Waals surface area (Å²) >= 11 is 0. The average molecular weight is 358 g/mol. The number of hydrogen-bond donors (Lipinski definition) is 1. The molecule has 0 saturated carbocycles. The third kappa shape index (κ3) is 6.47. The van der Waals surface area contributed by atoms with Crippen molar-refractivity contribution in [3.05, 3.63) is 30.1 Å². The molecular formula is C22H35N3O. The number of amides is 1. The van der Waals surface area contributed by atoms with E-state index >= 15 is 0 Å². The molecule has 0 atom stereocenters. The van der Waals surface area contributed by atoms with E-state index in [1.165, 1.54) is 56.9 Å². The van der Waals surface area contributed by atoms with Crippen LogP contribution >= 0.6 is 0 Å². The minimum Gasteiger partial charge on any atom is -0.349 e. The maximum absolute atomic E-state index is 11.8. The molecule has 0 unspecified atom stereocenters. The van der Waals surface area contributed by atoms with Crippen LogP contribution in [0, 0.1) is 0 Å². The van der Waals surface area contributed by atoms with Gasteiger partial charge in [0.1, 0.15) is 5.82 Å². The predicted molar refractivity (Wildman–Crippen MR) is 109 cm³/mol. The van der Waals surface area contributed by atoms with Crippen LogP contribution < -0.4 is 5.32 Å². The lowest BCUT2D eigenvalue weighted by Gasteiger charge is -2.10. The van der Waals surface area contributed by atoms with Gasteiger partial charge in [-0.25, -0.2) is 4.98 Å². The van der Waals surface area contributed by atoms with Crippen molar-refractivity contribution in [1.82, 2.24) is 14.9 Å². The number of aryl methyl sites for hydroxylation is 1. The Morgan fingerprint density at radius 3 is 2.38 bits per heavy atom. The van der Waals surface area contributed by atoms with Gasteiger partial charge in [0.25, 0.3) is 0 Å². The van der Waals surface area contributed by atoms with Gasteiger partial charge in [-0.3, -0.25) is 4.79 Å². The second-order valence-electron chi connectivity index (χ2n) is 7.17. The molecule has 0 aliphatic carbocycles. The molecule has 1 heterocycles. The number of nitrogens with zero attached hydrogens (tertiary/aromatic N) is 2. The number of carbonyl (C=O) groups excluding carboxylic acids is 1. The Bertz CT molecular complexity index is 662. The summed E-state index contributed by atoms with van der Waals surface area (Å²) in [4.78, 5) is 16.5. The average Bonchev–Trinajstić information content (AvgIpc) is 3.00. The molecule has 0 aliphatic rings. The summed E-state index contributed by atoms with van der Waals surface area (Å²) in [7, 11) is 0. The first kappa shape index (κ1) is 20.5. The molecule has 4 heteroatoms. The van der Waals surface area contributed by atoms with E-state index < -0.39 is 0 Å². The van der Waals surface area contributed by atoms with E-state index in [0.717, 1.165) is 24.3 Å². The number of carbonyl (C=O) groups is 1. The summed E-state index contributed by atoms with van der Waals surface area (Å²) in [6, 6.07) is 8.27. The molecule has 4 nitrogen and oxygen atoms in total. The molecule has 0 saturated heterocycles. The van der Waals surface area contributed by atoms with Crippen molar-refractivity contribution in [2.24, 2.45) is 0 Å². The van der Waals surface area contributed by atoms with Gasteiger partial charge in [-0.2, -0.15) is 0 Å². The van der Waals surface area contributed by atoms with Gasteiger partial charge in [0.05, 0.1) is 17.6 Å². The highest BCUT2D eigenvalue weighted by Crippen LogP contribution is 2.18. The van der Waals surface area contributed by atoms with Crippen molar-refractivity contribution >= 4 is 16.9 Å². The first-order chi connectivity index (χ1) is 12.8. The highest BCUT2D eigenvalue weighted by Gasteiger charge is 2.11. The Morgan fingerprint density at radius 1 is 0.962 bits per heavy atom. The van der Waals surface area contributed by atoms with E-state index in [1.54, 1.807) is 0 Å². The zero-order chi connectivity index (χ0) is 18.6. The molecule has 1 aromatic carbocycles. The third-order valence-corrected chi connectivity index (χ3v) is 4.89. The number of benzene rings is 1. The zero-order valence-electron chi connectivity index (χ0n) is 16.6. The van der Waals surface area contributed by atoms with E-state index in [-0.39, 0.29) is 5.91 Å². The second-order valence-corrected chi connectivity index (χ2v) is 7.17. The summed E-state index contributed by atoms with van der Waals surface area (Å²) in [6.45, 7) is 5.79. The van der Waals surface area contributed by atoms with E-state index in [2.05, 4.69) is 35.0 Å². The molecule has 0 spiro atoms. The van der Waals surface area contributed by atoms with E-state index in [1.807, 2.05) is 13.0 Å². The Balaban J connectivity index is 1.87. The van der Waals surface area contributed by atoms with Gasteiger partial charge < -0.3 is 9.88 Å². The summed E-state index contributed by atoms with van der Waals surface area (Å²) in [5.74, 6) is 1.08. The number of fused-ring (bicyclic) bond motifs is 1. The Morgan fingerprint density at radius 2 is 1.65 bits per heavy atom. The van der Waals surface area contributed by atoms with Gasteiger partial charge >= 0.3 is 0 Å². The number of hydrogen-bond acceptors (Lipinski definition) is 2. The Labute approximate surface area is 158 Å². The summed E-state index contributed by atoms with van der Waals surface area (Å²) in [6.07, 6.45) is 12.0. The quantitative estimate of drug-likeness (QED) is 0.475. The Kier molecular flexibility index (Phi) is 9.22. The minimum atomic E-state index is 0.109. The topological polar surface area (TPSA) is 46.9 Å². The molecule has 1 amide bonds. The molecule has 0 aliphatic heterocycles. The van der Waals surface area contributed by atoms with Crippen LogP contribution in [0.2, 0.25) is 0 Å². The first-order valence-corrected chi connectivity index (χ1v) is 10.5. The summed E-state index contributed by atoms with van der Waals surface area (Å²) in [5.41, 5.74) is 2.20. The van der Waals surface area contributed by atoms with Crippen LogP contribution in [0.25, 0.3) is 11.0 Å². The van der Waals surface area contributed by atoms with Crippen molar-refractivity contribution in [2.45, 2.75) is 91.1 Å². The highest BCUT2D eigenvalue weighted by atomic mass is 16.1. The Hall–Kier alpha value is -1.84. The van der Waals surface area contributed by atoms with Crippen molar-refractivity contribution in [3.8, 4) is 0 Å². The van der Waals surface area contributed by atoms with Crippen molar-refractivity contribution in [1.29, 1.82) is 0 Å². The van der Waals surface area contributed by atoms with Gasteiger partial charge in [0.2, 0.25) is 5.91 Å². The molecule has 0 radical (unpaired) electrons. The van der Waals surface area contributed by atoms with Crippen LogP contribution in [0.1, 0.15) is 83.9 Å². The first-order valence-electron chi connectivity index (χ1n) is 10.5.